The number of aryl methyl sites for hydroxylation is 2. The van der Waals surface area contributed by atoms with Gasteiger partial charge in [-0.1, -0.05) is 23.8 Å². The van der Waals surface area contributed by atoms with Crippen LogP contribution in [0.25, 0.3) is 11.0 Å². The van der Waals surface area contributed by atoms with Crippen molar-refractivity contribution in [3.8, 4) is 0 Å². The lowest BCUT2D eigenvalue weighted by atomic mass is 9.87. The molecule has 194 valence electrons. The summed E-state index contributed by atoms with van der Waals surface area (Å²) >= 11 is 0. The van der Waals surface area contributed by atoms with Crippen LogP contribution in [-0.2, 0) is 16.6 Å². The van der Waals surface area contributed by atoms with Gasteiger partial charge in [0, 0.05) is 30.5 Å². The highest BCUT2D eigenvalue weighted by atomic mass is 32.2. The summed E-state index contributed by atoms with van der Waals surface area (Å²) in [7, 11) is -1.80. The molecule has 2 aromatic heterocycles. The molecule has 1 aliphatic rings. The minimum atomic E-state index is -3.38. The molecular weight excluding hydrogens is 484 g/mol. The number of nitrogens with zero attached hydrogens (tertiary/aromatic N) is 4. The van der Waals surface area contributed by atoms with E-state index in [4.69, 9.17) is 4.98 Å². The van der Waals surface area contributed by atoms with Crippen molar-refractivity contribution in [1.29, 1.82) is 0 Å². The molecule has 9 heteroatoms. The lowest BCUT2D eigenvalue weighted by Crippen LogP contribution is -2.26. The summed E-state index contributed by atoms with van der Waals surface area (Å²) in [5, 5.41) is 7.73. The molecule has 0 saturated carbocycles. The van der Waals surface area contributed by atoms with Gasteiger partial charge in [0.05, 0.1) is 18.5 Å². The zero-order valence-electron chi connectivity index (χ0n) is 21.8. The fourth-order valence-corrected chi connectivity index (χ4v) is 5.68. The molecule has 2 N–H and O–H groups in total. The predicted molar refractivity (Wildman–Crippen MR) is 150 cm³/mol. The normalized spacial score (nSPS) is 14.7. The molecule has 0 unspecified atom stereocenters. The molecule has 8 nitrogen and oxygen atoms in total. The molecule has 0 atom stereocenters. The average molecular weight is 519 g/mol. The standard InChI is InChI=1S/C28H34N6O2S/c1-19-5-8-26(33(3)37(4,35)36)23(15-19)18-34-14-11-22-17-30-28(32-27(22)34)31-24-6-7-25(20(2)16-24)21-9-12-29-13-10-21/h5-8,11,14-17,21,29H,9-10,12-13,18H2,1-4H3,(H,30,31,32). The van der Waals surface area contributed by atoms with Gasteiger partial charge in [0.1, 0.15) is 5.65 Å². The van der Waals surface area contributed by atoms with Crippen molar-refractivity contribution in [2.24, 2.45) is 0 Å². The van der Waals surface area contributed by atoms with Crippen molar-refractivity contribution in [2.45, 2.75) is 39.2 Å². The van der Waals surface area contributed by atoms with Crippen LogP contribution in [0.4, 0.5) is 17.3 Å². The largest absolute Gasteiger partial charge is 0.328 e. The Morgan fingerprint density at radius 2 is 1.89 bits per heavy atom. The first kappa shape index (κ1) is 25.2. The molecule has 1 saturated heterocycles. The Labute approximate surface area is 218 Å². The maximum Gasteiger partial charge on any atom is 0.232 e. The van der Waals surface area contributed by atoms with Crippen LogP contribution in [0.15, 0.2) is 54.9 Å². The van der Waals surface area contributed by atoms with Gasteiger partial charge in [-0.05, 0) is 86.7 Å². The number of anilines is 3. The molecule has 1 aliphatic heterocycles. The number of hydrogen-bond donors (Lipinski definition) is 2. The Morgan fingerprint density at radius 1 is 1.11 bits per heavy atom. The molecule has 2 aromatic carbocycles. The van der Waals surface area contributed by atoms with Crippen molar-refractivity contribution < 1.29 is 8.42 Å². The van der Waals surface area contributed by atoms with Crippen LogP contribution in [-0.4, -0.2) is 49.3 Å². The van der Waals surface area contributed by atoms with Crippen LogP contribution in [0, 0.1) is 13.8 Å². The van der Waals surface area contributed by atoms with E-state index in [2.05, 4.69) is 40.7 Å². The number of aromatic nitrogens is 3. The van der Waals surface area contributed by atoms with Gasteiger partial charge in [-0.2, -0.15) is 4.98 Å². The molecule has 0 amide bonds. The highest BCUT2D eigenvalue weighted by Crippen LogP contribution is 2.30. The van der Waals surface area contributed by atoms with Gasteiger partial charge < -0.3 is 15.2 Å². The maximum absolute atomic E-state index is 12.2. The summed E-state index contributed by atoms with van der Waals surface area (Å²) in [4.78, 5) is 9.34. The molecule has 0 spiro atoms. The third kappa shape index (κ3) is 5.47. The minimum Gasteiger partial charge on any atom is -0.328 e. The van der Waals surface area contributed by atoms with Crippen LogP contribution in [0.5, 0.6) is 0 Å². The quantitative estimate of drug-likeness (QED) is 0.368. The van der Waals surface area contributed by atoms with Gasteiger partial charge in [-0.25, -0.2) is 13.4 Å². The van der Waals surface area contributed by atoms with Crippen LogP contribution < -0.4 is 14.9 Å². The Kier molecular flexibility index (Phi) is 6.92. The van der Waals surface area contributed by atoms with E-state index in [1.54, 1.807) is 7.05 Å². The predicted octanol–water partition coefficient (Wildman–Crippen LogP) is 4.70. The van der Waals surface area contributed by atoms with E-state index in [1.165, 1.54) is 34.5 Å². The number of nitrogens with one attached hydrogen (secondary N) is 2. The van der Waals surface area contributed by atoms with Gasteiger partial charge in [-0.15, -0.1) is 0 Å². The lowest BCUT2D eigenvalue weighted by molar-refractivity contribution is 0.459. The number of hydrogen-bond acceptors (Lipinski definition) is 6. The van der Waals surface area contributed by atoms with Crippen LogP contribution in [0.1, 0.15) is 41.0 Å². The maximum atomic E-state index is 12.2. The Balaban J connectivity index is 1.41. The van der Waals surface area contributed by atoms with E-state index < -0.39 is 10.0 Å². The lowest BCUT2D eigenvalue weighted by Gasteiger charge is -2.24. The molecule has 0 aliphatic carbocycles. The van der Waals surface area contributed by atoms with E-state index in [1.807, 2.05) is 48.1 Å². The SMILES string of the molecule is Cc1ccc(N(C)S(C)(=O)=O)c(Cn2ccc3cnc(Nc4ccc(C5CCNCC5)c(C)c4)nc32)c1. The van der Waals surface area contributed by atoms with Crippen molar-refractivity contribution in [1.82, 2.24) is 19.9 Å². The van der Waals surface area contributed by atoms with Crippen LogP contribution in [0.3, 0.4) is 0 Å². The summed E-state index contributed by atoms with van der Waals surface area (Å²) in [5.74, 6) is 1.14. The fraction of sp³-hybridized carbons (Fsp3) is 0.357. The molecule has 3 heterocycles. The van der Waals surface area contributed by atoms with Gasteiger partial charge in [0.25, 0.3) is 0 Å². The second-order valence-electron chi connectivity index (χ2n) is 10.00. The summed E-state index contributed by atoms with van der Waals surface area (Å²) in [6.45, 7) is 6.81. The number of fused-ring (bicyclic) bond motifs is 1. The van der Waals surface area contributed by atoms with Crippen molar-refractivity contribution in [3.63, 3.8) is 0 Å². The zero-order valence-corrected chi connectivity index (χ0v) is 22.6. The summed E-state index contributed by atoms with van der Waals surface area (Å²) < 4.78 is 27.8. The average Bonchev–Trinajstić information content (AvgIpc) is 3.26. The Hall–Kier alpha value is -3.43. The fourth-order valence-electron chi connectivity index (χ4n) is 5.14. The number of benzene rings is 2. The van der Waals surface area contributed by atoms with Crippen molar-refractivity contribution in [3.05, 3.63) is 77.1 Å². The minimum absolute atomic E-state index is 0.487. The molecule has 37 heavy (non-hydrogen) atoms. The second kappa shape index (κ2) is 10.1. The number of rotatable bonds is 7. The first-order chi connectivity index (χ1) is 17.7. The highest BCUT2D eigenvalue weighted by Gasteiger charge is 2.18. The van der Waals surface area contributed by atoms with Crippen LogP contribution in [0.2, 0.25) is 0 Å². The molecule has 1 fully saturated rings. The van der Waals surface area contributed by atoms with Crippen LogP contribution >= 0.6 is 0 Å². The second-order valence-corrected chi connectivity index (χ2v) is 12.0. The molecular formula is C28H34N6O2S. The van der Waals surface area contributed by atoms with Crippen molar-refractivity contribution >= 4 is 38.4 Å². The first-order valence-corrected chi connectivity index (χ1v) is 14.5. The molecule has 0 bridgehead atoms. The summed E-state index contributed by atoms with van der Waals surface area (Å²) in [6, 6.07) is 14.3. The van der Waals surface area contributed by atoms with E-state index in [0.717, 1.165) is 40.9 Å². The Morgan fingerprint density at radius 3 is 2.62 bits per heavy atom. The van der Waals surface area contributed by atoms with Gasteiger partial charge in [-0.3, -0.25) is 4.31 Å². The monoisotopic (exact) mass is 518 g/mol. The third-order valence-corrected chi connectivity index (χ3v) is 8.41. The summed E-state index contributed by atoms with van der Waals surface area (Å²) in [6.07, 6.45) is 7.35. The molecule has 5 rings (SSSR count). The van der Waals surface area contributed by atoms with E-state index in [-0.39, 0.29) is 0 Å². The Bertz CT molecular complexity index is 1540. The van der Waals surface area contributed by atoms with E-state index in [9.17, 15) is 8.42 Å². The molecule has 4 aromatic rings. The smallest absolute Gasteiger partial charge is 0.232 e. The van der Waals surface area contributed by atoms with Crippen molar-refractivity contribution in [2.75, 3.05) is 36.0 Å². The topological polar surface area (TPSA) is 92.2 Å². The zero-order chi connectivity index (χ0) is 26.2. The van der Waals surface area contributed by atoms with Gasteiger partial charge in [0.15, 0.2) is 0 Å². The first-order valence-electron chi connectivity index (χ1n) is 12.6. The van der Waals surface area contributed by atoms with E-state index >= 15 is 0 Å². The van der Waals surface area contributed by atoms with Gasteiger partial charge in [0.2, 0.25) is 16.0 Å². The van der Waals surface area contributed by atoms with E-state index in [0.29, 0.717) is 24.1 Å². The number of sulfonamides is 1. The summed E-state index contributed by atoms with van der Waals surface area (Å²) in [5.41, 5.74) is 7.08. The molecule has 0 radical (unpaired) electrons. The number of piperidine rings is 1. The highest BCUT2D eigenvalue weighted by molar-refractivity contribution is 7.92. The van der Waals surface area contributed by atoms with Gasteiger partial charge >= 0.3 is 0 Å². The third-order valence-electron chi connectivity index (χ3n) is 7.22.